The van der Waals surface area contributed by atoms with Gasteiger partial charge in [-0.3, -0.25) is 9.59 Å². The molecule has 2 aromatic carbocycles. The van der Waals surface area contributed by atoms with Gasteiger partial charge in [-0.25, -0.2) is 0 Å². The lowest BCUT2D eigenvalue weighted by Crippen LogP contribution is -2.49. The Bertz CT molecular complexity index is 880. The fourth-order valence-electron chi connectivity index (χ4n) is 4.18. The van der Waals surface area contributed by atoms with Gasteiger partial charge in [-0.15, -0.1) is 0 Å². The minimum Gasteiger partial charge on any atom is -0.340 e. The number of likely N-dealkylation sites (tertiary alicyclic amines) is 1. The summed E-state index contributed by atoms with van der Waals surface area (Å²) in [7, 11) is 0. The van der Waals surface area contributed by atoms with Crippen molar-refractivity contribution in [3.8, 4) is 0 Å². The summed E-state index contributed by atoms with van der Waals surface area (Å²) in [6.07, 6.45) is 4.69. The summed E-state index contributed by atoms with van der Waals surface area (Å²) in [5.74, 6) is 0.281. The maximum atomic E-state index is 13.0. The molecule has 1 saturated heterocycles. The van der Waals surface area contributed by atoms with E-state index in [0.717, 1.165) is 49.8 Å². The first-order chi connectivity index (χ1) is 15.0. The number of nitrogens with zero attached hydrogens (tertiary/aromatic N) is 2. The van der Waals surface area contributed by atoms with Gasteiger partial charge in [0, 0.05) is 37.7 Å². The van der Waals surface area contributed by atoms with Gasteiger partial charge in [-0.1, -0.05) is 54.4 Å². The maximum Gasteiger partial charge on any atom is 0.253 e. The Hall–Kier alpha value is -2.04. The molecule has 0 aliphatic carbocycles. The molecular formula is C25H30Cl2N2O2. The number of amides is 2. The number of halogens is 2. The van der Waals surface area contributed by atoms with Crippen molar-refractivity contribution in [3.63, 3.8) is 0 Å². The molecule has 4 nitrogen and oxygen atoms in total. The predicted molar refractivity (Wildman–Crippen MR) is 127 cm³/mol. The topological polar surface area (TPSA) is 40.6 Å². The van der Waals surface area contributed by atoms with E-state index < -0.39 is 0 Å². The standard InChI is InChI=1S/C25H30Cl2N2O2/c1-2-15-29(24(30)10-6-7-19-11-12-22(26)23(27)18-19)21-13-16-28(17-14-21)25(31)20-8-4-3-5-9-20/h3-5,8-9,11-12,18,21H,2,6-7,10,13-17H2,1H3. The highest BCUT2D eigenvalue weighted by molar-refractivity contribution is 6.42. The van der Waals surface area contributed by atoms with E-state index in [-0.39, 0.29) is 17.9 Å². The Morgan fingerprint density at radius 3 is 2.39 bits per heavy atom. The number of carbonyl (C=O) groups is 2. The summed E-state index contributed by atoms with van der Waals surface area (Å²) in [6.45, 7) is 4.25. The van der Waals surface area contributed by atoms with Crippen LogP contribution in [-0.4, -0.2) is 47.3 Å². The number of rotatable bonds is 8. The van der Waals surface area contributed by atoms with E-state index in [1.807, 2.05) is 52.3 Å². The molecular weight excluding hydrogens is 431 g/mol. The fourth-order valence-corrected chi connectivity index (χ4v) is 4.50. The highest BCUT2D eigenvalue weighted by Gasteiger charge is 2.29. The van der Waals surface area contributed by atoms with E-state index in [1.54, 1.807) is 6.07 Å². The number of carbonyl (C=O) groups excluding carboxylic acids is 2. The molecule has 6 heteroatoms. The van der Waals surface area contributed by atoms with Crippen LogP contribution in [0, 0.1) is 0 Å². The van der Waals surface area contributed by atoms with Gasteiger partial charge in [0.1, 0.15) is 0 Å². The van der Waals surface area contributed by atoms with E-state index in [2.05, 4.69) is 6.92 Å². The lowest BCUT2D eigenvalue weighted by Gasteiger charge is -2.38. The van der Waals surface area contributed by atoms with Gasteiger partial charge in [0.15, 0.2) is 0 Å². The van der Waals surface area contributed by atoms with Crippen molar-refractivity contribution in [1.29, 1.82) is 0 Å². The second kappa shape index (κ2) is 11.5. The Balaban J connectivity index is 1.51. The molecule has 0 radical (unpaired) electrons. The van der Waals surface area contributed by atoms with Crippen LogP contribution < -0.4 is 0 Å². The molecule has 2 aromatic rings. The van der Waals surface area contributed by atoms with Crippen molar-refractivity contribution in [2.24, 2.45) is 0 Å². The SMILES string of the molecule is CCCN(C(=O)CCCc1ccc(Cl)c(Cl)c1)C1CCN(C(=O)c2ccccc2)CC1. The molecule has 0 aromatic heterocycles. The normalized spacial score (nSPS) is 14.5. The van der Waals surface area contributed by atoms with Gasteiger partial charge < -0.3 is 9.80 Å². The molecule has 2 amide bonds. The molecule has 0 N–H and O–H groups in total. The Morgan fingerprint density at radius 1 is 1.03 bits per heavy atom. The largest absolute Gasteiger partial charge is 0.340 e. The average Bonchev–Trinajstić information content (AvgIpc) is 2.80. The van der Waals surface area contributed by atoms with Crippen molar-refractivity contribution in [1.82, 2.24) is 9.80 Å². The van der Waals surface area contributed by atoms with Crippen LogP contribution in [0.15, 0.2) is 48.5 Å². The van der Waals surface area contributed by atoms with Crippen molar-refractivity contribution in [3.05, 3.63) is 69.7 Å². The summed E-state index contributed by atoms with van der Waals surface area (Å²) in [5.41, 5.74) is 1.82. The Labute approximate surface area is 195 Å². The molecule has 1 fully saturated rings. The first-order valence-electron chi connectivity index (χ1n) is 11.1. The monoisotopic (exact) mass is 460 g/mol. The third-order valence-corrected chi connectivity index (χ3v) is 6.58. The lowest BCUT2D eigenvalue weighted by molar-refractivity contribution is -0.134. The summed E-state index contributed by atoms with van der Waals surface area (Å²) in [5, 5.41) is 1.10. The molecule has 1 aliphatic rings. The van der Waals surface area contributed by atoms with Gasteiger partial charge in [-0.05, 0) is 61.9 Å². The highest BCUT2D eigenvalue weighted by atomic mass is 35.5. The van der Waals surface area contributed by atoms with Crippen LogP contribution >= 0.6 is 23.2 Å². The predicted octanol–water partition coefficient (Wildman–Crippen LogP) is 5.86. The van der Waals surface area contributed by atoms with Crippen molar-refractivity contribution in [2.75, 3.05) is 19.6 Å². The van der Waals surface area contributed by atoms with Gasteiger partial charge in [0.25, 0.3) is 5.91 Å². The Kier molecular flexibility index (Phi) is 8.79. The molecule has 1 heterocycles. The molecule has 0 bridgehead atoms. The third kappa shape index (κ3) is 6.47. The zero-order chi connectivity index (χ0) is 22.2. The van der Waals surface area contributed by atoms with E-state index in [0.29, 0.717) is 29.6 Å². The molecule has 0 unspecified atom stereocenters. The zero-order valence-corrected chi connectivity index (χ0v) is 19.5. The molecule has 0 atom stereocenters. The van der Waals surface area contributed by atoms with E-state index in [9.17, 15) is 9.59 Å². The van der Waals surface area contributed by atoms with Crippen LogP contribution in [0.25, 0.3) is 0 Å². The average molecular weight is 461 g/mol. The van der Waals surface area contributed by atoms with Crippen LogP contribution in [0.5, 0.6) is 0 Å². The van der Waals surface area contributed by atoms with Gasteiger partial charge >= 0.3 is 0 Å². The van der Waals surface area contributed by atoms with Crippen molar-refractivity contribution < 1.29 is 9.59 Å². The number of hydrogen-bond acceptors (Lipinski definition) is 2. The zero-order valence-electron chi connectivity index (χ0n) is 18.0. The second-order valence-corrected chi connectivity index (χ2v) is 8.89. The lowest BCUT2D eigenvalue weighted by atomic mass is 10.0. The first-order valence-corrected chi connectivity index (χ1v) is 11.8. The van der Waals surface area contributed by atoms with Crippen molar-refractivity contribution in [2.45, 2.75) is 51.5 Å². The molecule has 31 heavy (non-hydrogen) atoms. The maximum absolute atomic E-state index is 13.0. The number of hydrogen-bond donors (Lipinski definition) is 0. The smallest absolute Gasteiger partial charge is 0.253 e. The van der Waals surface area contributed by atoms with Crippen molar-refractivity contribution >= 4 is 35.0 Å². The molecule has 0 saturated carbocycles. The quantitative estimate of drug-likeness (QED) is 0.494. The van der Waals surface area contributed by atoms with Gasteiger partial charge in [0.2, 0.25) is 5.91 Å². The fraction of sp³-hybridized carbons (Fsp3) is 0.440. The van der Waals surface area contributed by atoms with Crippen LogP contribution in [0.1, 0.15) is 54.9 Å². The van der Waals surface area contributed by atoms with Crippen LogP contribution in [0.3, 0.4) is 0 Å². The highest BCUT2D eigenvalue weighted by Crippen LogP contribution is 2.24. The van der Waals surface area contributed by atoms with Crippen LogP contribution in [0.2, 0.25) is 10.0 Å². The number of aryl methyl sites for hydroxylation is 1. The third-order valence-electron chi connectivity index (χ3n) is 5.84. The number of piperidine rings is 1. The summed E-state index contributed by atoms with van der Waals surface area (Å²) < 4.78 is 0. The minimum atomic E-state index is 0.0778. The van der Waals surface area contributed by atoms with Crippen LogP contribution in [-0.2, 0) is 11.2 Å². The summed E-state index contributed by atoms with van der Waals surface area (Å²) in [6, 6.07) is 15.2. The molecule has 1 aliphatic heterocycles. The molecule has 166 valence electrons. The van der Waals surface area contributed by atoms with E-state index in [4.69, 9.17) is 23.2 Å². The van der Waals surface area contributed by atoms with Gasteiger partial charge in [0.05, 0.1) is 10.0 Å². The van der Waals surface area contributed by atoms with Gasteiger partial charge in [-0.2, -0.15) is 0 Å². The minimum absolute atomic E-state index is 0.0778. The second-order valence-electron chi connectivity index (χ2n) is 8.08. The first kappa shape index (κ1) is 23.6. The van der Waals surface area contributed by atoms with Crippen LogP contribution in [0.4, 0.5) is 0 Å². The molecule has 0 spiro atoms. The number of benzene rings is 2. The molecule has 3 rings (SSSR count). The van der Waals surface area contributed by atoms with E-state index in [1.165, 1.54) is 0 Å². The summed E-state index contributed by atoms with van der Waals surface area (Å²) >= 11 is 12.1. The van der Waals surface area contributed by atoms with E-state index >= 15 is 0 Å². The summed E-state index contributed by atoms with van der Waals surface area (Å²) in [4.78, 5) is 29.6. The Morgan fingerprint density at radius 2 is 1.74 bits per heavy atom.